The van der Waals surface area contributed by atoms with Crippen LogP contribution in [0.15, 0.2) is 24.3 Å². The lowest BCUT2D eigenvalue weighted by molar-refractivity contribution is -0.137. The maximum atomic E-state index is 12.4. The molecule has 0 heterocycles. The number of nitrogens with two attached hydrogens (primary N) is 1. The molecule has 1 unspecified atom stereocenters. The molecule has 0 fully saturated rings. The molecular formula is C12H15F3N2O2. The minimum Gasteiger partial charge on any atom is -0.450 e. The van der Waals surface area contributed by atoms with E-state index in [4.69, 9.17) is 5.73 Å². The molecule has 106 valence electrons. The molecule has 4 nitrogen and oxygen atoms in total. The summed E-state index contributed by atoms with van der Waals surface area (Å²) in [6.07, 6.45) is -5.04. The molecule has 0 radical (unpaired) electrons. The summed E-state index contributed by atoms with van der Waals surface area (Å²) in [7, 11) is 0. The van der Waals surface area contributed by atoms with Crippen molar-refractivity contribution in [3.05, 3.63) is 35.4 Å². The maximum Gasteiger partial charge on any atom is 0.416 e. The molecule has 1 amide bonds. The third-order valence-electron chi connectivity index (χ3n) is 2.44. The second kappa shape index (κ2) is 6.42. The summed E-state index contributed by atoms with van der Waals surface area (Å²) in [6.45, 7) is 1.91. The first-order valence-electron chi connectivity index (χ1n) is 5.69. The number of nitrogens with one attached hydrogen (secondary N) is 1. The Morgan fingerprint density at radius 2 is 1.95 bits per heavy atom. The molecule has 0 saturated heterocycles. The fraction of sp³-hybridized carbons (Fsp3) is 0.417. The van der Waals surface area contributed by atoms with Gasteiger partial charge >= 0.3 is 12.3 Å². The van der Waals surface area contributed by atoms with Crippen molar-refractivity contribution in [1.82, 2.24) is 5.32 Å². The smallest absolute Gasteiger partial charge is 0.416 e. The fourth-order valence-corrected chi connectivity index (χ4v) is 1.50. The second-order valence-electron chi connectivity index (χ2n) is 3.77. The van der Waals surface area contributed by atoms with Crippen LogP contribution in [0.1, 0.15) is 24.1 Å². The molecule has 1 aromatic carbocycles. The molecule has 1 rings (SSSR count). The molecule has 0 saturated carbocycles. The van der Waals surface area contributed by atoms with E-state index >= 15 is 0 Å². The van der Waals surface area contributed by atoms with Gasteiger partial charge in [0.05, 0.1) is 18.2 Å². The zero-order valence-electron chi connectivity index (χ0n) is 10.3. The van der Waals surface area contributed by atoms with Gasteiger partial charge in [-0.05, 0) is 24.6 Å². The van der Waals surface area contributed by atoms with Crippen molar-refractivity contribution in [3.63, 3.8) is 0 Å². The average Bonchev–Trinajstić information content (AvgIpc) is 2.35. The van der Waals surface area contributed by atoms with Gasteiger partial charge in [-0.25, -0.2) is 4.79 Å². The normalized spacial score (nSPS) is 12.9. The molecular weight excluding hydrogens is 261 g/mol. The minimum absolute atomic E-state index is 0.0597. The first-order valence-corrected chi connectivity index (χ1v) is 5.69. The second-order valence-corrected chi connectivity index (χ2v) is 3.77. The number of amides is 1. The van der Waals surface area contributed by atoms with Gasteiger partial charge in [-0.2, -0.15) is 13.2 Å². The van der Waals surface area contributed by atoms with E-state index in [0.717, 1.165) is 12.1 Å². The molecule has 0 aliphatic heterocycles. The van der Waals surface area contributed by atoms with E-state index in [2.05, 4.69) is 10.1 Å². The van der Waals surface area contributed by atoms with Gasteiger partial charge in [-0.1, -0.05) is 12.1 Å². The zero-order valence-corrected chi connectivity index (χ0v) is 10.3. The van der Waals surface area contributed by atoms with E-state index in [0.29, 0.717) is 5.56 Å². The highest BCUT2D eigenvalue weighted by molar-refractivity contribution is 5.67. The molecule has 0 spiro atoms. The van der Waals surface area contributed by atoms with Crippen molar-refractivity contribution in [2.24, 2.45) is 5.73 Å². The van der Waals surface area contributed by atoms with Gasteiger partial charge in [-0.3, -0.25) is 0 Å². The Morgan fingerprint density at radius 1 is 1.37 bits per heavy atom. The van der Waals surface area contributed by atoms with Crippen molar-refractivity contribution in [2.45, 2.75) is 19.1 Å². The van der Waals surface area contributed by atoms with Crippen molar-refractivity contribution in [1.29, 1.82) is 0 Å². The van der Waals surface area contributed by atoms with Gasteiger partial charge in [0, 0.05) is 6.54 Å². The van der Waals surface area contributed by atoms with Gasteiger partial charge in [0.2, 0.25) is 0 Å². The van der Waals surface area contributed by atoms with E-state index in [9.17, 15) is 18.0 Å². The largest absolute Gasteiger partial charge is 0.450 e. The average molecular weight is 276 g/mol. The van der Waals surface area contributed by atoms with E-state index < -0.39 is 23.9 Å². The third kappa shape index (κ3) is 4.44. The highest BCUT2D eigenvalue weighted by Gasteiger charge is 2.30. The number of rotatable bonds is 4. The predicted molar refractivity (Wildman–Crippen MR) is 63.4 cm³/mol. The van der Waals surface area contributed by atoms with Crippen LogP contribution in [0, 0.1) is 0 Å². The highest BCUT2D eigenvalue weighted by atomic mass is 19.4. The number of benzene rings is 1. The van der Waals surface area contributed by atoms with Crippen LogP contribution >= 0.6 is 0 Å². The number of carbonyl (C=O) groups is 1. The van der Waals surface area contributed by atoms with E-state index in [-0.39, 0.29) is 13.2 Å². The summed E-state index contributed by atoms with van der Waals surface area (Å²) < 4.78 is 41.9. The standard InChI is InChI=1S/C12H15F3N2O2/c1-2-19-11(18)17-10(7-16)8-3-5-9(6-4-8)12(13,14)15/h3-6,10H,2,7,16H2,1H3,(H,17,18). The number of alkyl halides is 3. The van der Waals surface area contributed by atoms with Crippen LogP contribution in [0.25, 0.3) is 0 Å². The van der Waals surface area contributed by atoms with Crippen molar-refractivity contribution >= 4 is 6.09 Å². The Bertz CT molecular complexity index is 418. The third-order valence-corrected chi connectivity index (χ3v) is 2.44. The van der Waals surface area contributed by atoms with Gasteiger partial charge in [0.1, 0.15) is 0 Å². The van der Waals surface area contributed by atoms with Crippen LogP contribution in [0.5, 0.6) is 0 Å². The zero-order chi connectivity index (χ0) is 14.5. The summed E-state index contributed by atoms with van der Waals surface area (Å²) >= 11 is 0. The van der Waals surface area contributed by atoms with Crippen LogP contribution in [0.3, 0.4) is 0 Å². The van der Waals surface area contributed by atoms with Crippen molar-refractivity contribution in [3.8, 4) is 0 Å². The minimum atomic E-state index is -4.38. The topological polar surface area (TPSA) is 64.3 Å². The summed E-state index contributed by atoms with van der Waals surface area (Å²) in [6, 6.07) is 3.88. The lowest BCUT2D eigenvalue weighted by atomic mass is 10.0. The number of ether oxygens (including phenoxy) is 1. The number of hydrogen-bond donors (Lipinski definition) is 2. The van der Waals surface area contributed by atoms with Crippen LogP contribution < -0.4 is 11.1 Å². The Hall–Kier alpha value is -1.76. The van der Waals surface area contributed by atoms with Crippen LogP contribution in [0.2, 0.25) is 0 Å². The quantitative estimate of drug-likeness (QED) is 0.887. The first kappa shape index (κ1) is 15.3. The SMILES string of the molecule is CCOC(=O)NC(CN)c1ccc(C(F)(F)F)cc1. The van der Waals surface area contributed by atoms with Gasteiger partial charge in [0.15, 0.2) is 0 Å². The van der Waals surface area contributed by atoms with E-state index in [1.54, 1.807) is 6.92 Å². The summed E-state index contributed by atoms with van der Waals surface area (Å²) in [5.41, 5.74) is 5.22. The predicted octanol–water partition coefficient (Wildman–Crippen LogP) is 2.45. The molecule has 7 heteroatoms. The Morgan fingerprint density at radius 3 is 2.37 bits per heavy atom. The lowest BCUT2D eigenvalue weighted by Gasteiger charge is -2.17. The molecule has 3 N–H and O–H groups in total. The van der Waals surface area contributed by atoms with Crippen LogP contribution in [-0.4, -0.2) is 19.2 Å². The first-order chi connectivity index (χ1) is 8.88. The molecule has 0 bridgehead atoms. The number of carbonyl (C=O) groups excluding carboxylic acids is 1. The molecule has 0 aromatic heterocycles. The van der Waals surface area contributed by atoms with Crippen molar-refractivity contribution in [2.75, 3.05) is 13.2 Å². The number of hydrogen-bond acceptors (Lipinski definition) is 3. The number of halogens is 3. The monoisotopic (exact) mass is 276 g/mol. The molecule has 1 atom stereocenters. The molecule has 19 heavy (non-hydrogen) atoms. The fourth-order valence-electron chi connectivity index (χ4n) is 1.50. The maximum absolute atomic E-state index is 12.4. The lowest BCUT2D eigenvalue weighted by Crippen LogP contribution is -2.33. The Kier molecular flexibility index (Phi) is 5.17. The van der Waals surface area contributed by atoms with Crippen molar-refractivity contribution < 1.29 is 22.7 Å². The summed E-state index contributed by atoms with van der Waals surface area (Å²) in [5, 5.41) is 2.47. The van der Waals surface area contributed by atoms with E-state index in [1.165, 1.54) is 12.1 Å². The van der Waals surface area contributed by atoms with Gasteiger partial charge in [-0.15, -0.1) is 0 Å². The summed E-state index contributed by atoms with van der Waals surface area (Å²) in [5.74, 6) is 0. The number of alkyl carbamates (subject to hydrolysis) is 1. The highest BCUT2D eigenvalue weighted by Crippen LogP contribution is 2.29. The molecule has 0 aliphatic carbocycles. The van der Waals surface area contributed by atoms with Crippen LogP contribution in [-0.2, 0) is 10.9 Å². The summed E-state index contributed by atoms with van der Waals surface area (Å²) in [4.78, 5) is 11.2. The Labute approximate surface area is 108 Å². The molecule has 1 aromatic rings. The Balaban J connectivity index is 2.79. The molecule has 0 aliphatic rings. The van der Waals surface area contributed by atoms with Crippen LogP contribution in [0.4, 0.5) is 18.0 Å². The van der Waals surface area contributed by atoms with Gasteiger partial charge < -0.3 is 15.8 Å². The van der Waals surface area contributed by atoms with E-state index in [1.807, 2.05) is 0 Å². The van der Waals surface area contributed by atoms with Gasteiger partial charge in [0.25, 0.3) is 0 Å².